The number of pyridine rings is 1. The van der Waals surface area contributed by atoms with E-state index < -0.39 is 11.9 Å². The minimum atomic E-state index is -0.811. The number of hydrogen-bond donors (Lipinski definition) is 1. The van der Waals surface area contributed by atoms with Crippen molar-refractivity contribution in [3.63, 3.8) is 0 Å². The normalized spacial score (nSPS) is 12.1. The van der Waals surface area contributed by atoms with Crippen molar-refractivity contribution in [2.24, 2.45) is 5.92 Å². The average Bonchev–Trinajstić information content (AvgIpc) is 2.18. The lowest BCUT2D eigenvalue weighted by Gasteiger charge is -2.06. The van der Waals surface area contributed by atoms with Crippen LogP contribution in [0.2, 0.25) is 0 Å². The molecule has 1 N–H and O–H groups in total. The molecule has 0 saturated heterocycles. The van der Waals surface area contributed by atoms with Gasteiger partial charge in [-0.15, -0.1) is 0 Å². The first-order valence-corrected chi connectivity index (χ1v) is 4.36. The smallest absolute Gasteiger partial charge is 0.306 e. The van der Waals surface area contributed by atoms with E-state index in [1.165, 1.54) is 7.11 Å². The highest BCUT2D eigenvalue weighted by Gasteiger charge is 2.12. The number of carboxylic acids is 1. The highest BCUT2D eigenvalue weighted by Crippen LogP contribution is 2.11. The third-order valence-corrected chi connectivity index (χ3v) is 1.93. The van der Waals surface area contributed by atoms with E-state index in [0.717, 1.165) is 5.69 Å². The number of methoxy groups -OCH3 is 1. The van der Waals surface area contributed by atoms with Crippen molar-refractivity contribution >= 4 is 5.97 Å². The molecule has 14 heavy (non-hydrogen) atoms. The molecule has 0 bridgehead atoms. The van der Waals surface area contributed by atoms with E-state index in [9.17, 15) is 4.79 Å². The molecule has 0 fully saturated rings. The molecule has 0 aliphatic carbocycles. The summed E-state index contributed by atoms with van der Waals surface area (Å²) in [6.45, 7) is 1.66. The molecule has 1 aromatic heterocycles. The van der Waals surface area contributed by atoms with E-state index in [1.807, 2.05) is 0 Å². The van der Waals surface area contributed by atoms with Gasteiger partial charge in [0, 0.05) is 18.2 Å². The van der Waals surface area contributed by atoms with E-state index >= 15 is 0 Å². The second-order valence-electron chi connectivity index (χ2n) is 3.11. The first kappa shape index (κ1) is 10.5. The predicted molar refractivity (Wildman–Crippen MR) is 51.3 cm³/mol. The van der Waals surface area contributed by atoms with Crippen molar-refractivity contribution in [1.82, 2.24) is 4.98 Å². The van der Waals surface area contributed by atoms with Gasteiger partial charge in [0.25, 0.3) is 0 Å². The highest BCUT2D eigenvalue weighted by molar-refractivity contribution is 5.69. The van der Waals surface area contributed by atoms with Crippen molar-refractivity contribution < 1.29 is 14.6 Å². The number of aliphatic carboxylic acids is 1. The highest BCUT2D eigenvalue weighted by atomic mass is 16.5. The molecule has 1 atom stereocenters. The first-order valence-electron chi connectivity index (χ1n) is 4.36. The van der Waals surface area contributed by atoms with Gasteiger partial charge in [0.1, 0.15) is 0 Å². The molecule has 1 heterocycles. The Hall–Kier alpha value is -1.58. The largest absolute Gasteiger partial charge is 0.481 e. The summed E-state index contributed by atoms with van der Waals surface area (Å²) in [5, 5.41) is 8.71. The first-order chi connectivity index (χ1) is 6.63. The number of nitrogens with zero attached hydrogens (tertiary/aromatic N) is 1. The Bertz CT molecular complexity index is 325. The summed E-state index contributed by atoms with van der Waals surface area (Å²) >= 11 is 0. The fraction of sp³-hybridized carbons (Fsp3) is 0.400. The number of hydrogen-bond acceptors (Lipinski definition) is 3. The van der Waals surface area contributed by atoms with E-state index in [1.54, 1.807) is 25.1 Å². The molecule has 0 aromatic carbocycles. The third kappa shape index (κ3) is 2.73. The van der Waals surface area contributed by atoms with Crippen LogP contribution in [0.4, 0.5) is 0 Å². The van der Waals surface area contributed by atoms with Crippen LogP contribution in [0.1, 0.15) is 12.6 Å². The minimum Gasteiger partial charge on any atom is -0.481 e. The molecule has 0 spiro atoms. The maximum Gasteiger partial charge on any atom is 0.306 e. The van der Waals surface area contributed by atoms with E-state index in [4.69, 9.17) is 9.84 Å². The lowest BCUT2D eigenvalue weighted by atomic mass is 10.1. The second-order valence-corrected chi connectivity index (χ2v) is 3.11. The van der Waals surface area contributed by atoms with Crippen LogP contribution in [0.15, 0.2) is 18.2 Å². The fourth-order valence-corrected chi connectivity index (χ4v) is 1.09. The van der Waals surface area contributed by atoms with Crippen LogP contribution in [-0.2, 0) is 11.2 Å². The van der Waals surface area contributed by atoms with Crippen LogP contribution in [0.3, 0.4) is 0 Å². The Kier molecular flexibility index (Phi) is 3.45. The Morgan fingerprint density at radius 3 is 2.93 bits per heavy atom. The number of carboxylic acid groups (broad SMARTS) is 1. The lowest BCUT2D eigenvalue weighted by molar-refractivity contribution is -0.141. The van der Waals surface area contributed by atoms with Crippen molar-refractivity contribution in [3.05, 3.63) is 23.9 Å². The van der Waals surface area contributed by atoms with E-state index in [2.05, 4.69) is 4.98 Å². The molecular weight excluding hydrogens is 182 g/mol. The standard InChI is InChI=1S/C10H13NO3/c1-7(10(12)13)6-8-4-3-5-9(11-8)14-2/h3-5,7H,6H2,1-2H3,(H,12,13). The molecule has 0 radical (unpaired) electrons. The zero-order valence-electron chi connectivity index (χ0n) is 8.23. The molecule has 1 aromatic rings. The van der Waals surface area contributed by atoms with Gasteiger partial charge >= 0.3 is 5.97 Å². The maximum absolute atomic E-state index is 10.6. The molecule has 0 aliphatic rings. The predicted octanol–water partition coefficient (Wildman–Crippen LogP) is 1.35. The summed E-state index contributed by atoms with van der Waals surface area (Å²) in [7, 11) is 1.53. The van der Waals surface area contributed by atoms with Gasteiger partial charge < -0.3 is 9.84 Å². The SMILES string of the molecule is COc1cccc(CC(C)C(=O)O)n1. The van der Waals surface area contributed by atoms with Crippen molar-refractivity contribution in [3.8, 4) is 5.88 Å². The fourth-order valence-electron chi connectivity index (χ4n) is 1.09. The average molecular weight is 195 g/mol. The summed E-state index contributed by atoms with van der Waals surface area (Å²) < 4.78 is 4.94. The summed E-state index contributed by atoms with van der Waals surface area (Å²) in [5.41, 5.74) is 0.735. The zero-order chi connectivity index (χ0) is 10.6. The summed E-state index contributed by atoms with van der Waals surface area (Å²) in [6, 6.07) is 5.33. The van der Waals surface area contributed by atoms with Crippen LogP contribution < -0.4 is 4.74 Å². The Balaban J connectivity index is 2.71. The Morgan fingerprint density at radius 1 is 1.64 bits per heavy atom. The van der Waals surface area contributed by atoms with Gasteiger partial charge in [-0.25, -0.2) is 4.98 Å². The van der Waals surface area contributed by atoms with Gasteiger partial charge in [0.2, 0.25) is 5.88 Å². The molecular formula is C10H13NO3. The number of ether oxygens (including phenoxy) is 1. The van der Waals surface area contributed by atoms with Crippen LogP contribution >= 0.6 is 0 Å². The van der Waals surface area contributed by atoms with Crippen molar-refractivity contribution in [1.29, 1.82) is 0 Å². The van der Waals surface area contributed by atoms with Gasteiger partial charge in [-0.3, -0.25) is 4.79 Å². The summed E-state index contributed by atoms with van der Waals surface area (Å²) in [4.78, 5) is 14.7. The molecule has 76 valence electrons. The van der Waals surface area contributed by atoms with Crippen molar-refractivity contribution in [2.45, 2.75) is 13.3 Å². The van der Waals surface area contributed by atoms with Gasteiger partial charge in [0.15, 0.2) is 0 Å². The van der Waals surface area contributed by atoms with Gasteiger partial charge in [0.05, 0.1) is 13.0 Å². The van der Waals surface area contributed by atoms with Gasteiger partial charge in [-0.2, -0.15) is 0 Å². The quantitative estimate of drug-likeness (QED) is 0.787. The second kappa shape index (κ2) is 4.60. The van der Waals surface area contributed by atoms with E-state index in [0.29, 0.717) is 12.3 Å². The topological polar surface area (TPSA) is 59.4 Å². The molecule has 4 heteroatoms. The number of rotatable bonds is 4. The van der Waals surface area contributed by atoms with Crippen LogP contribution in [0, 0.1) is 5.92 Å². The summed E-state index contributed by atoms with van der Waals surface area (Å²) in [6.07, 6.45) is 0.423. The van der Waals surface area contributed by atoms with Crippen LogP contribution in [-0.4, -0.2) is 23.2 Å². The van der Waals surface area contributed by atoms with E-state index in [-0.39, 0.29) is 0 Å². The van der Waals surface area contributed by atoms with Gasteiger partial charge in [-0.05, 0) is 6.07 Å². The zero-order valence-corrected chi connectivity index (χ0v) is 8.23. The Morgan fingerprint density at radius 2 is 2.36 bits per heavy atom. The third-order valence-electron chi connectivity index (χ3n) is 1.93. The molecule has 4 nitrogen and oxygen atoms in total. The molecule has 1 rings (SSSR count). The maximum atomic E-state index is 10.6. The lowest BCUT2D eigenvalue weighted by Crippen LogP contribution is -2.13. The molecule has 0 saturated carbocycles. The van der Waals surface area contributed by atoms with Gasteiger partial charge in [-0.1, -0.05) is 13.0 Å². The number of carbonyl (C=O) groups is 1. The van der Waals surface area contributed by atoms with Crippen molar-refractivity contribution in [2.75, 3.05) is 7.11 Å². The van der Waals surface area contributed by atoms with Crippen LogP contribution in [0.5, 0.6) is 5.88 Å². The molecule has 0 aliphatic heterocycles. The number of aromatic nitrogens is 1. The van der Waals surface area contributed by atoms with Crippen LogP contribution in [0.25, 0.3) is 0 Å². The minimum absolute atomic E-state index is 0.422. The molecule has 1 unspecified atom stereocenters. The summed E-state index contributed by atoms with van der Waals surface area (Å²) in [5.74, 6) is -0.718. The monoisotopic (exact) mass is 195 g/mol. The Labute approximate surface area is 82.5 Å². The molecule has 0 amide bonds.